The number of anilines is 1. The van der Waals surface area contributed by atoms with Gasteiger partial charge in [0.05, 0.1) is 15.7 Å². The SMILES string of the molecule is C[C@H](Sc1n[nH]c(-c2ccccc2F)n1)C(=O)Nc1ccccc1[N+](=O)[O-]. The van der Waals surface area contributed by atoms with Crippen molar-refractivity contribution < 1.29 is 14.1 Å². The predicted molar refractivity (Wildman–Crippen MR) is 98.8 cm³/mol. The summed E-state index contributed by atoms with van der Waals surface area (Å²) in [6.07, 6.45) is 0. The first-order valence-corrected chi connectivity index (χ1v) is 8.72. The highest BCUT2D eigenvalue weighted by molar-refractivity contribution is 8.00. The van der Waals surface area contributed by atoms with Crippen molar-refractivity contribution in [3.8, 4) is 11.4 Å². The molecule has 0 radical (unpaired) electrons. The van der Waals surface area contributed by atoms with Crippen LogP contribution in [-0.2, 0) is 4.79 Å². The molecule has 138 valence electrons. The van der Waals surface area contributed by atoms with Crippen molar-refractivity contribution in [2.24, 2.45) is 0 Å². The predicted octanol–water partition coefficient (Wildman–Crippen LogP) is 3.64. The van der Waals surface area contributed by atoms with Crippen LogP contribution >= 0.6 is 11.8 Å². The average molecular weight is 387 g/mol. The maximum atomic E-state index is 13.8. The molecule has 1 aromatic heterocycles. The van der Waals surface area contributed by atoms with Crippen LogP contribution in [0.4, 0.5) is 15.8 Å². The third-order valence-corrected chi connectivity index (χ3v) is 4.56. The zero-order valence-electron chi connectivity index (χ0n) is 14.0. The Morgan fingerprint density at radius 2 is 1.96 bits per heavy atom. The molecule has 2 N–H and O–H groups in total. The number of nitro groups is 1. The number of nitrogens with zero attached hydrogens (tertiary/aromatic N) is 3. The zero-order valence-corrected chi connectivity index (χ0v) is 14.9. The lowest BCUT2D eigenvalue weighted by molar-refractivity contribution is -0.383. The molecule has 0 spiro atoms. The Balaban J connectivity index is 1.69. The van der Waals surface area contributed by atoms with Crippen LogP contribution in [0.5, 0.6) is 0 Å². The van der Waals surface area contributed by atoms with E-state index in [1.807, 2.05) is 0 Å². The summed E-state index contributed by atoms with van der Waals surface area (Å²) in [6, 6.07) is 12.0. The molecule has 0 saturated carbocycles. The minimum atomic E-state index is -0.630. The molecule has 0 aliphatic carbocycles. The molecule has 0 aliphatic heterocycles. The van der Waals surface area contributed by atoms with Crippen molar-refractivity contribution in [2.75, 3.05) is 5.32 Å². The Labute approximate surface area is 157 Å². The van der Waals surface area contributed by atoms with E-state index in [9.17, 15) is 19.3 Å². The lowest BCUT2D eigenvalue weighted by atomic mass is 10.2. The summed E-state index contributed by atoms with van der Waals surface area (Å²) in [4.78, 5) is 27.0. The number of aromatic nitrogens is 3. The van der Waals surface area contributed by atoms with Crippen molar-refractivity contribution in [1.82, 2.24) is 15.2 Å². The molecule has 1 heterocycles. The molecule has 2 aromatic carbocycles. The van der Waals surface area contributed by atoms with E-state index >= 15 is 0 Å². The highest BCUT2D eigenvalue weighted by Gasteiger charge is 2.21. The van der Waals surface area contributed by atoms with Gasteiger partial charge in [-0.05, 0) is 25.1 Å². The van der Waals surface area contributed by atoms with Crippen molar-refractivity contribution in [2.45, 2.75) is 17.3 Å². The summed E-state index contributed by atoms with van der Waals surface area (Å²) in [5.41, 5.74) is 0.193. The highest BCUT2D eigenvalue weighted by Crippen LogP contribution is 2.27. The van der Waals surface area contributed by atoms with E-state index in [-0.39, 0.29) is 27.9 Å². The average Bonchev–Trinajstić information content (AvgIpc) is 3.10. The smallest absolute Gasteiger partial charge is 0.292 e. The van der Waals surface area contributed by atoms with E-state index in [0.717, 1.165) is 11.8 Å². The number of benzene rings is 2. The first-order valence-electron chi connectivity index (χ1n) is 7.84. The third-order valence-electron chi connectivity index (χ3n) is 3.60. The van der Waals surface area contributed by atoms with Gasteiger partial charge < -0.3 is 5.32 Å². The van der Waals surface area contributed by atoms with E-state index < -0.39 is 21.9 Å². The monoisotopic (exact) mass is 387 g/mol. The van der Waals surface area contributed by atoms with Crippen molar-refractivity contribution in [1.29, 1.82) is 0 Å². The highest BCUT2D eigenvalue weighted by atomic mass is 32.2. The number of H-pyrrole nitrogens is 1. The van der Waals surface area contributed by atoms with Crippen LogP contribution in [0.3, 0.4) is 0 Å². The van der Waals surface area contributed by atoms with Gasteiger partial charge in [0.25, 0.3) is 5.69 Å². The van der Waals surface area contributed by atoms with Gasteiger partial charge >= 0.3 is 0 Å². The Morgan fingerprint density at radius 3 is 2.70 bits per heavy atom. The van der Waals surface area contributed by atoms with Gasteiger partial charge in [-0.1, -0.05) is 36.0 Å². The number of halogens is 1. The quantitative estimate of drug-likeness (QED) is 0.379. The number of carbonyl (C=O) groups is 1. The Bertz CT molecular complexity index is 994. The largest absolute Gasteiger partial charge is 0.319 e. The number of aromatic amines is 1. The van der Waals surface area contributed by atoms with Crippen LogP contribution in [0.2, 0.25) is 0 Å². The number of nitro benzene ring substituents is 1. The number of hydrogen-bond donors (Lipinski definition) is 2. The molecule has 0 bridgehead atoms. The fourth-order valence-electron chi connectivity index (χ4n) is 2.26. The van der Waals surface area contributed by atoms with Crippen LogP contribution < -0.4 is 5.32 Å². The molecular weight excluding hydrogens is 373 g/mol. The minimum absolute atomic E-state index is 0.113. The second kappa shape index (κ2) is 7.96. The Hall–Kier alpha value is -3.27. The molecule has 0 fully saturated rings. The molecule has 0 unspecified atom stereocenters. The topological polar surface area (TPSA) is 114 Å². The minimum Gasteiger partial charge on any atom is -0.319 e. The number of carbonyl (C=O) groups excluding carboxylic acids is 1. The fraction of sp³-hybridized carbons (Fsp3) is 0.118. The van der Waals surface area contributed by atoms with Crippen molar-refractivity contribution in [3.63, 3.8) is 0 Å². The molecule has 10 heteroatoms. The molecule has 3 rings (SSSR count). The number of hydrogen-bond acceptors (Lipinski definition) is 6. The summed E-state index contributed by atoms with van der Waals surface area (Å²) in [5, 5.41) is 19.8. The number of para-hydroxylation sites is 2. The number of thioether (sulfide) groups is 1. The molecule has 0 aliphatic rings. The zero-order chi connectivity index (χ0) is 19.4. The van der Waals surface area contributed by atoms with E-state index in [1.54, 1.807) is 31.2 Å². The lowest BCUT2D eigenvalue weighted by Crippen LogP contribution is -2.23. The van der Waals surface area contributed by atoms with Gasteiger partial charge in [0.1, 0.15) is 11.5 Å². The van der Waals surface area contributed by atoms with Crippen LogP contribution in [0.15, 0.2) is 53.7 Å². The number of amides is 1. The molecular formula is C17H14FN5O3S. The maximum absolute atomic E-state index is 13.8. The Kier molecular flexibility index (Phi) is 5.46. The molecule has 8 nitrogen and oxygen atoms in total. The second-order valence-electron chi connectivity index (χ2n) is 5.47. The molecule has 3 aromatic rings. The van der Waals surface area contributed by atoms with Crippen molar-refractivity contribution in [3.05, 3.63) is 64.5 Å². The summed E-state index contributed by atoms with van der Waals surface area (Å²) >= 11 is 1.05. The summed E-state index contributed by atoms with van der Waals surface area (Å²) in [7, 11) is 0. The van der Waals surface area contributed by atoms with E-state index in [2.05, 4.69) is 20.5 Å². The van der Waals surface area contributed by atoms with Gasteiger partial charge in [-0.2, -0.15) is 0 Å². The van der Waals surface area contributed by atoms with Crippen molar-refractivity contribution >= 4 is 29.0 Å². The second-order valence-corrected chi connectivity index (χ2v) is 6.78. The normalized spacial score (nSPS) is 11.8. The summed E-state index contributed by atoms with van der Waals surface area (Å²) in [6.45, 7) is 1.62. The van der Waals surface area contributed by atoms with Gasteiger partial charge in [0, 0.05) is 6.07 Å². The fourth-order valence-corrected chi connectivity index (χ4v) is 2.98. The van der Waals surface area contributed by atoms with Gasteiger partial charge in [-0.25, -0.2) is 9.37 Å². The first-order chi connectivity index (χ1) is 13.0. The Morgan fingerprint density at radius 1 is 1.26 bits per heavy atom. The molecule has 0 saturated heterocycles. The number of nitrogens with one attached hydrogen (secondary N) is 2. The maximum Gasteiger partial charge on any atom is 0.292 e. The van der Waals surface area contributed by atoms with Gasteiger partial charge in [-0.3, -0.25) is 20.0 Å². The first kappa shape index (κ1) is 18.5. The molecule has 1 atom stereocenters. The standard InChI is InChI=1S/C17H14FN5O3S/c1-10(16(24)19-13-8-4-5-9-14(13)23(25)26)27-17-20-15(21-22-17)11-6-2-3-7-12(11)18/h2-10H,1H3,(H,19,24)(H,20,21,22)/t10-/m0/s1. The van der Waals surface area contributed by atoms with Crippen LogP contribution in [-0.4, -0.2) is 31.3 Å². The molecule has 1 amide bonds. The summed E-state index contributed by atoms with van der Waals surface area (Å²) < 4.78 is 13.8. The third kappa shape index (κ3) is 4.29. The van der Waals surface area contributed by atoms with Gasteiger partial charge in [0.15, 0.2) is 5.82 Å². The van der Waals surface area contributed by atoms with Crippen LogP contribution in [0, 0.1) is 15.9 Å². The van der Waals surface area contributed by atoms with Gasteiger partial charge in [0.2, 0.25) is 11.1 Å². The van der Waals surface area contributed by atoms with Gasteiger partial charge in [-0.15, -0.1) is 5.10 Å². The summed E-state index contributed by atoms with van der Waals surface area (Å²) in [5.74, 6) is -0.624. The van der Waals surface area contributed by atoms with E-state index in [1.165, 1.54) is 24.3 Å². The number of rotatable bonds is 6. The van der Waals surface area contributed by atoms with Crippen LogP contribution in [0.1, 0.15) is 6.92 Å². The molecule has 27 heavy (non-hydrogen) atoms. The van der Waals surface area contributed by atoms with E-state index in [0.29, 0.717) is 0 Å². The lowest BCUT2D eigenvalue weighted by Gasteiger charge is -2.10. The van der Waals surface area contributed by atoms with E-state index in [4.69, 9.17) is 0 Å². The van der Waals surface area contributed by atoms with Crippen LogP contribution in [0.25, 0.3) is 11.4 Å².